The van der Waals surface area contributed by atoms with Gasteiger partial charge in [-0.3, -0.25) is 4.99 Å². The van der Waals surface area contributed by atoms with Crippen LogP contribution in [0.4, 0.5) is 0 Å². The zero-order valence-corrected chi connectivity index (χ0v) is 11.3. The number of para-hydroxylation sites is 1. The van der Waals surface area contributed by atoms with E-state index in [9.17, 15) is 0 Å². The van der Waals surface area contributed by atoms with Crippen LogP contribution in [-0.2, 0) is 0 Å². The Morgan fingerprint density at radius 1 is 0.947 bits per heavy atom. The number of rotatable bonds is 2. The van der Waals surface area contributed by atoms with Crippen LogP contribution in [0, 0.1) is 0 Å². The fourth-order valence-electron chi connectivity index (χ4n) is 1.88. The van der Waals surface area contributed by atoms with Gasteiger partial charge in [0.1, 0.15) is 0 Å². The number of aromatic nitrogens is 2. The van der Waals surface area contributed by atoms with Gasteiger partial charge in [-0.25, -0.2) is 3.96 Å². The molecule has 0 saturated carbocycles. The van der Waals surface area contributed by atoms with Crippen molar-refractivity contribution in [2.24, 2.45) is 4.99 Å². The minimum atomic E-state index is 0.780. The van der Waals surface area contributed by atoms with Gasteiger partial charge in [0, 0.05) is 12.6 Å². The summed E-state index contributed by atoms with van der Waals surface area (Å²) in [4.78, 5) is 9.56. The van der Waals surface area contributed by atoms with Gasteiger partial charge < -0.3 is 0 Å². The first kappa shape index (κ1) is 11.9. The second-order valence-corrected chi connectivity index (χ2v) is 4.94. The number of hydrogen-bond donors (Lipinski definition) is 0. The molecule has 0 aliphatic rings. The summed E-state index contributed by atoms with van der Waals surface area (Å²) < 4.78 is 2.11. The third-order valence-electron chi connectivity index (χ3n) is 2.78. The Labute approximate surface area is 115 Å². The Hall–Kier alpha value is -2.20. The summed E-state index contributed by atoms with van der Waals surface area (Å²) in [5.41, 5.74) is 2.20. The van der Waals surface area contributed by atoms with Gasteiger partial charge in [0.25, 0.3) is 0 Å². The minimum absolute atomic E-state index is 0.780. The fraction of sp³-hybridized carbons (Fsp3) is 0.0667. The SMILES string of the molecule is C/N=c1/nc(-c2ccccc2)n(-c2ccccc2)s1. The lowest BCUT2D eigenvalue weighted by molar-refractivity contribution is 1.12. The maximum atomic E-state index is 4.59. The minimum Gasteiger partial charge on any atom is -0.260 e. The zero-order chi connectivity index (χ0) is 13.1. The van der Waals surface area contributed by atoms with Crippen molar-refractivity contribution in [3.8, 4) is 17.1 Å². The summed E-state index contributed by atoms with van der Waals surface area (Å²) in [5, 5.41) is 0. The van der Waals surface area contributed by atoms with Crippen LogP contribution in [0.2, 0.25) is 0 Å². The third kappa shape index (κ3) is 2.35. The molecule has 0 radical (unpaired) electrons. The quantitative estimate of drug-likeness (QED) is 0.701. The Kier molecular flexibility index (Phi) is 3.25. The largest absolute Gasteiger partial charge is 0.260 e. The van der Waals surface area contributed by atoms with Gasteiger partial charge in [-0.1, -0.05) is 48.5 Å². The molecule has 3 nitrogen and oxygen atoms in total. The van der Waals surface area contributed by atoms with Crippen molar-refractivity contribution >= 4 is 11.5 Å². The van der Waals surface area contributed by atoms with Crippen LogP contribution in [0.1, 0.15) is 0 Å². The monoisotopic (exact) mass is 267 g/mol. The third-order valence-corrected chi connectivity index (χ3v) is 3.78. The van der Waals surface area contributed by atoms with Crippen molar-refractivity contribution in [3.05, 3.63) is 65.5 Å². The van der Waals surface area contributed by atoms with E-state index < -0.39 is 0 Å². The molecule has 2 aromatic carbocycles. The van der Waals surface area contributed by atoms with E-state index in [1.54, 1.807) is 18.6 Å². The molecule has 1 heterocycles. The van der Waals surface area contributed by atoms with E-state index in [0.717, 1.165) is 21.9 Å². The highest BCUT2D eigenvalue weighted by Crippen LogP contribution is 2.21. The molecular formula is C15H13N3S. The first-order valence-corrected chi connectivity index (χ1v) is 6.80. The number of benzene rings is 2. The fourth-order valence-corrected chi connectivity index (χ4v) is 2.71. The van der Waals surface area contributed by atoms with E-state index in [0.29, 0.717) is 0 Å². The van der Waals surface area contributed by atoms with Gasteiger partial charge in [-0.2, -0.15) is 4.98 Å². The van der Waals surface area contributed by atoms with E-state index in [-0.39, 0.29) is 0 Å². The summed E-state index contributed by atoms with van der Waals surface area (Å²) in [7, 11) is 1.77. The average molecular weight is 267 g/mol. The molecular weight excluding hydrogens is 254 g/mol. The standard InChI is InChI=1S/C15H13N3S/c1-16-15-17-14(12-8-4-2-5-9-12)18(19-15)13-10-6-3-7-11-13/h2-11H,1H3/b16-15-. The predicted molar refractivity (Wildman–Crippen MR) is 78.4 cm³/mol. The second-order valence-electron chi connectivity index (χ2n) is 4.03. The van der Waals surface area contributed by atoms with E-state index in [4.69, 9.17) is 0 Å². The molecule has 1 aromatic heterocycles. The van der Waals surface area contributed by atoms with Crippen LogP contribution in [0.3, 0.4) is 0 Å². The van der Waals surface area contributed by atoms with Crippen LogP contribution in [-0.4, -0.2) is 16.0 Å². The van der Waals surface area contributed by atoms with Crippen molar-refractivity contribution in [1.82, 2.24) is 8.94 Å². The molecule has 0 saturated heterocycles. The Bertz CT molecular complexity index is 667. The topological polar surface area (TPSA) is 30.2 Å². The summed E-state index contributed by atoms with van der Waals surface area (Å²) in [6.45, 7) is 0. The normalized spacial score (nSPS) is 11.7. The van der Waals surface area contributed by atoms with Crippen LogP contribution < -0.4 is 4.80 Å². The molecule has 0 fully saturated rings. The Balaban J connectivity index is 2.23. The molecule has 94 valence electrons. The number of hydrogen-bond acceptors (Lipinski definition) is 3. The summed E-state index contributed by atoms with van der Waals surface area (Å²) in [6, 6.07) is 20.4. The smallest absolute Gasteiger partial charge is 0.222 e. The first-order valence-electron chi connectivity index (χ1n) is 6.02. The van der Waals surface area contributed by atoms with Gasteiger partial charge in [-0.15, -0.1) is 0 Å². The highest BCUT2D eigenvalue weighted by molar-refractivity contribution is 7.04. The molecule has 3 aromatic rings. The second kappa shape index (κ2) is 5.20. The van der Waals surface area contributed by atoms with E-state index in [2.05, 4.69) is 38.2 Å². The maximum Gasteiger partial charge on any atom is 0.222 e. The molecule has 0 amide bonds. The van der Waals surface area contributed by atoms with Crippen LogP contribution in [0.25, 0.3) is 17.1 Å². The van der Waals surface area contributed by atoms with Crippen molar-refractivity contribution in [1.29, 1.82) is 0 Å². The van der Waals surface area contributed by atoms with Gasteiger partial charge >= 0.3 is 0 Å². The lowest BCUT2D eigenvalue weighted by Gasteiger charge is -2.05. The highest BCUT2D eigenvalue weighted by Gasteiger charge is 2.09. The van der Waals surface area contributed by atoms with Gasteiger partial charge in [0.05, 0.1) is 5.69 Å². The molecule has 19 heavy (non-hydrogen) atoms. The van der Waals surface area contributed by atoms with E-state index >= 15 is 0 Å². The molecule has 0 atom stereocenters. The summed E-state index contributed by atoms with van der Waals surface area (Å²) in [6.07, 6.45) is 0. The van der Waals surface area contributed by atoms with Gasteiger partial charge in [-0.05, 0) is 23.7 Å². The van der Waals surface area contributed by atoms with Crippen LogP contribution >= 0.6 is 11.5 Å². The molecule has 0 bridgehead atoms. The molecule has 0 aliphatic carbocycles. The summed E-state index contributed by atoms with van der Waals surface area (Å²) in [5.74, 6) is 0.928. The maximum absolute atomic E-state index is 4.59. The van der Waals surface area contributed by atoms with Gasteiger partial charge in [0.2, 0.25) is 4.80 Å². The van der Waals surface area contributed by atoms with Crippen LogP contribution in [0.5, 0.6) is 0 Å². The molecule has 0 N–H and O–H groups in total. The average Bonchev–Trinajstić information content (AvgIpc) is 2.93. The lowest BCUT2D eigenvalue weighted by atomic mass is 10.2. The van der Waals surface area contributed by atoms with Crippen molar-refractivity contribution in [2.75, 3.05) is 7.05 Å². The van der Waals surface area contributed by atoms with Gasteiger partial charge in [0.15, 0.2) is 5.82 Å². The molecule has 0 aliphatic heterocycles. The van der Waals surface area contributed by atoms with Crippen molar-refractivity contribution < 1.29 is 0 Å². The number of nitrogens with zero attached hydrogens (tertiary/aromatic N) is 3. The predicted octanol–water partition coefficient (Wildman–Crippen LogP) is 3.13. The van der Waals surface area contributed by atoms with Crippen molar-refractivity contribution in [3.63, 3.8) is 0 Å². The Morgan fingerprint density at radius 3 is 2.21 bits per heavy atom. The molecule has 3 rings (SSSR count). The first-order chi connectivity index (χ1) is 9.38. The Morgan fingerprint density at radius 2 is 1.58 bits per heavy atom. The van der Waals surface area contributed by atoms with Crippen LogP contribution in [0.15, 0.2) is 65.7 Å². The van der Waals surface area contributed by atoms with E-state index in [1.807, 2.05) is 36.4 Å². The molecule has 4 heteroatoms. The van der Waals surface area contributed by atoms with Crippen molar-refractivity contribution in [2.45, 2.75) is 0 Å². The summed E-state index contributed by atoms with van der Waals surface area (Å²) >= 11 is 1.55. The lowest BCUT2D eigenvalue weighted by Crippen LogP contribution is -1.96. The highest BCUT2D eigenvalue weighted by atomic mass is 32.1. The molecule has 0 unspecified atom stereocenters. The molecule has 0 spiro atoms. The van der Waals surface area contributed by atoms with E-state index in [1.165, 1.54) is 0 Å². The zero-order valence-electron chi connectivity index (χ0n) is 10.5.